The first kappa shape index (κ1) is 14.1. The van der Waals surface area contributed by atoms with Gasteiger partial charge in [-0.25, -0.2) is 0 Å². The lowest BCUT2D eigenvalue weighted by Gasteiger charge is -2.55. The molecule has 1 fully saturated rings. The minimum Gasteiger partial charge on any atom is -0.381 e. The number of rotatable bonds is 5. The van der Waals surface area contributed by atoms with Crippen molar-refractivity contribution in [2.24, 2.45) is 5.41 Å². The van der Waals surface area contributed by atoms with Gasteiger partial charge in [0.1, 0.15) is 0 Å². The molecule has 1 heterocycles. The number of nitrogens with zero attached hydrogens (tertiary/aromatic N) is 1. The number of aromatic amines is 1. The summed E-state index contributed by atoms with van der Waals surface area (Å²) in [4.78, 5) is 12.2. The minimum absolute atomic E-state index is 0.0444. The van der Waals surface area contributed by atoms with Crippen molar-refractivity contribution >= 4 is 5.91 Å². The molecule has 1 aliphatic rings. The zero-order valence-electron chi connectivity index (χ0n) is 12.1. The predicted molar refractivity (Wildman–Crippen MR) is 73.0 cm³/mol. The second-order valence-corrected chi connectivity index (χ2v) is 5.34. The fourth-order valence-electron chi connectivity index (χ4n) is 3.29. The van der Waals surface area contributed by atoms with Crippen LogP contribution in [-0.4, -0.2) is 35.4 Å². The van der Waals surface area contributed by atoms with Gasteiger partial charge in [-0.05, 0) is 26.2 Å². The van der Waals surface area contributed by atoms with E-state index in [-0.39, 0.29) is 23.5 Å². The number of ether oxygens (including phenoxy) is 1. The Bertz CT molecular complexity index is 451. The Kier molecular flexibility index (Phi) is 3.94. The number of aryl methyl sites for hydroxylation is 1. The monoisotopic (exact) mass is 265 g/mol. The summed E-state index contributed by atoms with van der Waals surface area (Å²) >= 11 is 0. The lowest BCUT2D eigenvalue weighted by molar-refractivity contribution is -0.120. The second-order valence-electron chi connectivity index (χ2n) is 5.34. The molecule has 0 spiro atoms. The summed E-state index contributed by atoms with van der Waals surface area (Å²) in [7, 11) is 1.75. The first-order chi connectivity index (χ1) is 9.08. The number of amides is 1. The van der Waals surface area contributed by atoms with E-state index in [1.807, 2.05) is 6.92 Å². The lowest BCUT2D eigenvalue weighted by atomic mass is 9.58. The van der Waals surface area contributed by atoms with Crippen molar-refractivity contribution in [1.82, 2.24) is 15.5 Å². The van der Waals surface area contributed by atoms with Crippen molar-refractivity contribution in [3.63, 3.8) is 0 Å². The summed E-state index contributed by atoms with van der Waals surface area (Å²) in [6.45, 7) is 6.18. The SMILES string of the molecule is CCC1(CC)[C@H](NC(=O)c2cn[nH]c2C)C[C@H]1OC. The third-order valence-corrected chi connectivity index (χ3v) is 4.77. The highest BCUT2D eigenvalue weighted by Crippen LogP contribution is 2.48. The van der Waals surface area contributed by atoms with Crippen molar-refractivity contribution in [1.29, 1.82) is 0 Å². The maximum absolute atomic E-state index is 12.2. The molecule has 0 unspecified atom stereocenters. The molecular formula is C14H23N3O2. The molecule has 0 bridgehead atoms. The zero-order chi connectivity index (χ0) is 14.0. The van der Waals surface area contributed by atoms with Crippen LogP contribution in [0, 0.1) is 12.3 Å². The van der Waals surface area contributed by atoms with Gasteiger partial charge < -0.3 is 10.1 Å². The predicted octanol–water partition coefficient (Wildman–Crippen LogP) is 2.04. The molecule has 1 saturated carbocycles. The lowest BCUT2D eigenvalue weighted by Crippen LogP contribution is -2.64. The second kappa shape index (κ2) is 5.33. The summed E-state index contributed by atoms with van der Waals surface area (Å²) < 4.78 is 5.54. The van der Waals surface area contributed by atoms with Gasteiger partial charge in [0.25, 0.3) is 5.91 Å². The topological polar surface area (TPSA) is 67.0 Å². The van der Waals surface area contributed by atoms with Gasteiger partial charge in [0, 0.05) is 24.3 Å². The normalized spacial score (nSPS) is 24.8. The van der Waals surface area contributed by atoms with Gasteiger partial charge in [-0.15, -0.1) is 0 Å². The quantitative estimate of drug-likeness (QED) is 0.856. The molecule has 1 aromatic heterocycles. The molecule has 5 heteroatoms. The van der Waals surface area contributed by atoms with Crippen LogP contribution in [-0.2, 0) is 4.74 Å². The van der Waals surface area contributed by atoms with Crippen LogP contribution in [0.3, 0.4) is 0 Å². The third kappa shape index (κ3) is 2.16. The summed E-state index contributed by atoms with van der Waals surface area (Å²) in [6.07, 6.45) is 4.74. The number of nitrogens with one attached hydrogen (secondary N) is 2. The van der Waals surface area contributed by atoms with Gasteiger partial charge in [0.15, 0.2) is 0 Å². The first-order valence-corrected chi connectivity index (χ1v) is 6.92. The van der Waals surface area contributed by atoms with E-state index >= 15 is 0 Å². The number of hydrogen-bond donors (Lipinski definition) is 2. The Balaban J connectivity index is 2.08. The average Bonchev–Trinajstić information content (AvgIpc) is 2.82. The third-order valence-electron chi connectivity index (χ3n) is 4.77. The van der Waals surface area contributed by atoms with Crippen LogP contribution in [0.5, 0.6) is 0 Å². The van der Waals surface area contributed by atoms with E-state index in [9.17, 15) is 4.79 Å². The van der Waals surface area contributed by atoms with E-state index in [4.69, 9.17) is 4.74 Å². The van der Waals surface area contributed by atoms with Crippen LogP contribution in [0.4, 0.5) is 0 Å². The number of aromatic nitrogens is 2. The Hall–Kier alpha value is -1.36. The van der Waals surface area contributed by atoms with Crippen molar-refractivity contribution in [2.75, 3.05) is 7.11 Å². The number of H-pyrrole nitrogens is 1. The van der Waals surface area contributed by atoms with Crippen LogP contribution in [0.2, 0.25) is 0 Å². The van der Waals surface area contributed by atoms with Crippen LogP contribution < -0.4 is 5.32 Å². The maximum Gasteiger partial charge on any atom is 0.254 e. The van der Waals surface area contributed by atoms with E-state index in [1.54, 1.807) is 13.3 Å². The highest BCUT2D eigenvalue weighted by Gasteiger charge is 2.53. The van der Waals surface area contributed by atoms with Gasteiger partial charge in [-0.1, -0.05) is 13.8 Å². The smallest absolute Gasteiger partial charge is 0.254 e. The highest BCUT2D eigenvalue weighted by molar-refractivity contribution is 5.95. The Morgan fingerprint density at radius 2 is 2.26 bits per heavy atom. The standard InChI is InChI=1S/C14H23N3O2/c1-5-14(6-2)11(7-12(14)19-4)16-13(18)10-8-15-17-9(10)3/h8,11-12H,5-7H2,1-4H3,(H,15,17)(H,16,18)/t11-,12-/m1/s1. The molecule has 2 rings (SSSR count). The molecule has 2 N–H and O–H groups in total. The molecule has 0 saturated heterocycles. The highest BCUT2D eigenvalue weighted by atomic mass is 16.5. The Labute approximate surface area is 114 Å². The first-order valence-electron chi connectivity index (χ1n) is 6.92. The molecule has 2 atom stereocenters. The number of methoxy groups -OCH3 is 1. The van der Waals surface area contributed by atoms with Crippen LogP contribution >= 0.6 is 0 Å². The van der Waals surface area contributed by atoms with E-state index < -0.39 is 0 Å². The molecule has 5 nitrogen and oxygen atoms in total. The van der Waals surface area contributed by atoms with Gasteiger partial charge in [-0.2, -0.15) is 5.10 Å². The number of hydrogen-bond acceptors (Lipinski definition) is 3. The van der Waals surface area contributed by atoms with Crippen molar-refractivity contribution in [3.05, 3.63) is 17.5 Å². The van der Waals surface area contributed by atoms with E-state index in [1.165, 1.54) is 0 Å². The van der Waals surface area contributed by atoms with Gasteiger partial charge in [0.05, 0.1) is 17.9 Å². The molecule has 106 valence electrons. The van der Waals surface area contributed by atoms with Crippen molar-refractivity contribution in [3.8, 4) is 0 Å². The van der Waals surface area contributed by atoms with Gasteiger partial charge in [-0.3, -0.25) is 9.89 Å². The summed E-state index contributed by atoms with van der Waals surface area (Å²) in [5, 5.41) is 9.82. The minimum atomic E-state index is -0.0444. The zero-order valence-corrected chi connectivity index (χ0v) is 12.1. The van der Waals surface area contributed by atoms with Crippen LogP contribution in [0.15, 0.2) is 6.20 Å². The van der Waals surface area contributed by atoms with Crippen molar-refractivity contribution in [2.45, 2.75) is 52.2 Å². The van der Waals surface area contributed by atoms with E-state index in [2.05, 4.69) is 29.4 Å². The maximum atomic E-state index is 12.2. The van der Waals surface area contributed by atoms with Crippen molar-refractivity contribution < 1.29 is 9.53 Å². The summed E-state index contributed by atoms with van der Waals surface area (Å²) in [5.41, 5.74) is 1.50. The summed E-state index contributed by atoms with van der Waals surface area (Å²) in [5.74, 6) is -0.0444. The molecular weight excluding hydrogens is 242 g/mol. The molecule has 19 heavy (non-hydrogen) atoms. The average molecular weight is 265 g/mol. The fraction of sp³-hybridized carbons (Fsp3) is 0.714. The molecule has 1 aromatic rings. The molecule has 0 aromatic carbocycles. The van der Waals surface area contributed by atoms with E-state index in [0.29, 0.717) is 5.56 Å². The number of carbonyl (C=O) groups is 1. The van der Waals surface area contributed by atoms with Gasteiger partial charge in [0.2, 0.25) is 0 Å². The van der Waals surface area contributed by atoms with E-state index in [0.717, 1.165) is 25.0 Å². The molecule has 1 amide bonds. The van der Waals surface area contributed by atoms with Gasteiger partial charge >= 0.3 is 0 Å². The summed E-state index contributed by atoms with van der Waals surface area (Å²) in [6, 6.07) is 0.189. The Morgan fingerprint density at radius 1 is 1.58 bits per heavy atom. The molecule has 0 aliphatic heterocycles. The number of carbonyl (C=O) groups excluding carboxylic acids is 1. The fourth-order valence-corrected chi connectivity index (χ4v) is 3.29. The Morgan fingerprint density at radius 3 is 2.74 bits per heavy atom. The van der Waals surface area contributed by atoms with Crippen LogP contribution in [0.1, 0.15) is 49.2 Å². The van der Waals surface area contributed by atoms with Crippen LogP contribution in [0.25, 0.3) is 0 Å². The molecule has 1 aliphatic carbocycles. The molecule has 0 radical (unpaired) electrons. The largest absolute Gasteiger partial charge is 0.381 e.